The topological polar surface area (TPSA) is 30.5 Å². The third-order valence-corrected chi connectivity index (χ3v) is 4.46. The van der Waals surface area contributed by atoms with Gasteiger partial charge in [0, 0.05) is 19.4 Å². The van der Waals surface area contributed by atoms with Crippen molar-refractivity contribution in [3.05, 3.63) is 23.8 Å². The lowest BCUT2D eigenvalue weighted by atomic mass is 9.98. The van der Waals surface area contributed by atoms with Crippen molar-refractivity contribution in [3.63, 3.8) is 0 Å². The molecule has 0 aromatic heterocycles. The summed E-state index contributed by atoms with van der Waals surface area (Å²) in [6.07, 6.45) is 5.72. The molecule has 3 aliphatic rings. The molecule has 2 fully saturated rings. The molecule has 1 aliphatic carbocycles. The summed E-state index contributed by atoms with van der Waals surface area (Å²) in [7, 11) is 0. The van der Waals surface area contributed by atoms with Gasteiger partial charge in [0.15, 0.2) is 11.5 Å². The Hall–Kier alpha value is -1.22. The average molecular weight is 245 g/mol. The standard InChI is InChI=1S/C15H19NO2/c1-2-7-15(6-1)17-13-4-3-11(9-14(13)18-15)12-5-8-16-10-12/h3-4,9,12,16H,1-2,5-8,10H2. The Morgan fingerprint density at radius 1 is 1.11 bits per heavy atom. The van der Waals surface area contributed by atoms with Gasteiger partial charge in [0.25, 0.3) is 5.79 Å². The van der Waals surface area contributed by atoms with E-state index in [-0.39, 0.29) is 5.79 Å². The van der Waals surface area contributed by atoms with Crippen LogP contribution in [0.15, 0.2) is 18.2 Å². The van der Waals surface area contributed by atoms with E-state index in [0.717, 1.165) is 37.4 Å². The molecular formula is C15H19NO2. The molecule has 1 aromatic rings. The number of nitrogens with one attached hydrogen (secondary N) is 1. The number of hydrogen-bond donors (Lipinski definition) is 1. The summed E-state index contributed by atoms with van der Waals surface area (Å²) in [5.74, 6) is 2.21. The lowest BCUT2D eigenvalue weighted by Crippen LogP contribution is -2.34. The van der Waals surface area contributed by atoms with Crippen molar-refractivity contribution in [2.24, 2.45) is 0 Å². The summed E-state index contributed by atoms with van der Waals surface area (Å²) in [5.41, 5.74) is 1.39. The molecule has 1 spiro atoms. The largest absolute Gasteiger partial charge is 0.448 e. The second-order valence-electron chi connectivity index (χ2n) is 5.72. The van der Waals surface area contributed by atoms with E-state index in [1.54, 1.807) is 0 Å². The Bertz CT molecular complexity index is 460. The summed E-state index contributed by atoms with van der Waals surface area (Å²) < 4.78 is 12.1. The molecule has 0 radical (unpaired) electrons. The first-order valence-electron chi connectivity index (χ1n) is 7.07. The molecule has 3 nitrogen and oxygen atoms in total. The molecule has 2 heterocycles. The van der Waals surface area contributed by atoms with Crippen LogP contribution in [0, 0.1) is 0 Å². The van der Waals surface area contributed by atoms with Crippen LogP contribution in [-0.2, 0) is 0 Å². The van der Waals surface area contributed by atoms with Crippen LogP contribution in [0.3, 0.4) is 0 Å². The van der Waals surface area contributed by atoms with Crippen LogP contribution < -0.4 is 14.8 Å². The van der Waals surface area contributed by atoms with E-state index >= 15 is 0 Å². The molecule has 4 rings (SSSR count). The maximum Gasteiger partial charge on any atom is 0.251 e. The van der Waals surface area contributed by atoms with Gasteiger partial charge in [-0.05, 0) is 49.4 Å². The Balaban J connectivity index is 1.62. The summed E-state index contributed by atoms with van der Waals surface area (Å²) in [6, 6.07) is 6.49. The zero-order valence-corrected chi connectivity index (χ0v) is 10.6. The number of ether oxygens (including phenoxy) is 2. The molecule has 1 saturated heterocycles. The van der Waals surface area contributed by atoms with Crippen molar-refractivity contribution < 1.29 is 9.47 Å². The van der Waals surface area contributed by atoms with Crippen LogP contribution in [0.25, 0.3) is 0 Å². The second kappa shape index (κ2) is 3.89. The van der Waals surface area contributed by atoms with Gasteiger partial charge in [-0.15, -0.1) is 0 Å². The van der Waals surface area contributed by atoms with Crippen LogP contribution in [0.1, 0.15) is 43.6 Å². The van der Waals surface area contributed by atoms with Gasteiger partial charge in [-0.1, -0.05) is 6.07 Å². The molecule has 96 valence electrons. The SMILES string of the molecule is c1cc2c(cc1C1CCNC1)OC1(CCCC1)O2. The minimum absolute atomic E-state index is 0.325. The summed E-state index contributed by atoms with van der Waals surface area (Å²) >= 11 is 0. The van der Waals surface area contributed by atoms with E-state index in [0.29, 0.717) is 5.92 Å². The predicted molar refractivity (Wildman–Crippen MR) is 69.1 cm³/mol. The number of rotatable bonds is 1. The minimum atomic E-state index is -0.325. The highest BCUT2D eigenvalue weighted by molar-refractivity contribution is 5.47. The quantitative estimate of drug-likeness (QED) is 0.825. The van der Waals surface area contributed by atoms with Gasteiger partial charge in [-0.25, -0.2) is 0 Å². The van der Waals surface area contributed by atoms with Gasteiger partial charge in [-0.3, -0.25) is 0 Å². The van der Waals surface area contributed by atoms with E-state index in [2.05, 4.69) is 23.5 Å². The van der Waals surface area contributed by atoms with Crippen molar-refractivity contribution >= 4 is 0 Å². The third-order valence-electron chi connectivity index (χ3n) is 4.46. The van der Waals surface area contributed by atoms with Crippen molar-refractivity contribution in [3.8, 4) is 11.5 Å². The maximum atomic E-state index is 6.11. The monoisotopic (exact) mass is 245 g/mol. The summed E-state index contributed by atoms with van der Waals surface area (Å²) in [5, 5.41) is 3.42. The Morgan fingerprint density at radius 2 is 1.94 bits per heavy atom. The Kier molecular flexibility index (Phi) is 2.31. The van der Waals surface area contributed by atoms with E-state index < -0.39 is 0 Å². The fraction of sp³-hybridized carbons (Fsp3) is 0.600. The number of hydrogen-bond acceptors (Lipinski definition) is 3. The van der Waals surface area contributed by atoms with E-state index in [9.17, 15) is 0 Å². The van der Waals surface area contributed by atoms with Crippen molar-refractivity contribution in [2.45, 2.75) is 43.8 Å². The van der Waals surface area contributed by atoms with Crippen molar-refractivity contribution in [1.82, 2.24) is 5.32 Å². The third kappa shape index (κ3) is 1.61. The first-order chi connectivity index (χ1) is 8.85. The van der Waals surface area contributed by atoms with E-state index in [1.807, 2.05) is 0 Å². The Morgan fingerprint density at radius 3 is 2.72 bits per heavy atom. The second-order valence-corrected chi connectivity index (χ2v) is 5.72. The molecule has 2 aliphatic heterocycles. The zero-order valence-electron chi connectivity index (χ0n) is 10.6. The smallest absolute Gasteiger partial charge is 0.251 e. The molecule has 1 unspecified atom stereocenters. The fourth-order valence-electron chi connectivity index (χ4n) is 3.42. The van der Waals surface area contributed by atoms with Crippen LogP contribution in [0.4, 0.5) is 0 Å². The fourth-order valence-corrected chi connectivity index (χ4v) is 3.42. The molecule has 0 amide bonds. The first-order valence-corrected chi connectivity index (χ1v) is 7.07. The summed E-state index contributed by atoms with van der Waals surface area (Å²) in [4.78, 5) is 0. The minimum Gasteiger partial charge on any atom is -0.448 e. The molecule has 1 atom stereocenters. The van der Waals surface area contributed by atoms with E-state index in [1.165, 1.54) is 24.8 Å². The van der Waals surface area contributed by atoms with Gasteiger partial charge in [0.2, 0.25) is 0 Å². The molecule has 1 saturated carbocycles. The molecule has 0 bridgehead atoms. The van der Waals surface area contributed by atoms with Gasteiger partial charge < -0.3 is 14.8 Å². The van der Waals surface area contributed by atoms with Gasteiger partial charge >= 0.3 is 0 Å². The molecule has 1 N–H and O–H groups in total. The normalized spacial score (nSPS) is 28.1. The average Bonchev–Trinajstić information content (AvgIpc) is 3.09. The van der Waals surface area contributed by atoms with Gasteiger partial charge in [-0.2, -0.15) is 0 Å². The molecular weight excluding hydrogens is 226 g/mol. The van der Waals surface area contributed by atoms with Crippen molar-refractivity contribution in [2.75, 3.05) is 13.1 Å². The number of benzene rings is 1. The van der Waals surface area contributed by atoms with Crippen LogP contribution in [-0.4, -0.2) is 18.9 Å². The van der Waals surface area contributed by atoms with Crippen molar-refractivity contribution in [1.29, 1.82) is 0 Å². The van der Waals surface area contributed by atoms with Crippen LogP contribution in [0.5, 0.6) is 11.5 Å². The van der Waals surface area contributed by atoms with Gasteiger partial charge in [0.05, 0.1) is 0 Å². The first kappa shape index (κ1) is 10.7. The molecule has 1 aromatic carbocycles. The van der Waals surface area contributed by atoms with Crippen LogP contribution >= 0.6 is 0 Å². The highest BCUT2D eigenvalue weighted by Gasteiger charge is 2.44. The lowest BCUT2D eigenvalue weighted by Gasteiger charge is -2.21. The molecule has 18 heavy (non-hydrogen) atoms. The lowest BCUT2D eigenvalue weighted by molar-refractivity contribution is -0.0716. The predicted octanol–water partition coefficient (Wildman–Crippen LogP) is 2.81. The highest BCUT2D eigenvalue weighted by atomic mass is 16.7. The molecule has 3 heteroatoms. The number of fused-ring (bicyclic) bond motifs is 1. The highest BCUT2D eigenvalue weighted by Crippen LogP contribution is 2.47. The summed E-state index contributed by atoms with van der Waals surface area (Å²) in [6.45, 7) is 2.22. The zero-order chi connectivity index (χ0) is 12.0. The van der Waals surface area contributed by atoms with E-state index in [4.69, 9.17) is 9.47 Å². The van der Waals surface area contributed by atoms with Gasteiger partial charge in [0.1, 0.15) is 0 Å². The van der Waals surface area contributed by atoms with Crippen LogP contribution in [0.2, 0.25) is 0 Å². The Labute approximate surface area is 107 Å². The maximum absolute atomic E-state index is 6.11.